The van der Waals surface area contributed by atoms with Crippen molar-refractivity contribution in [2.45, 2.75) is 12.1 Å². The van der Waals surface area contributed by atoms with Crippen LogP contribution < -0.4 is 4.90 Å². The summed E-state index contributed by atoms with van der Waals surface area (Å²) < 4.78 is 27.1. The highest BCUT2D eigenvalue weighted by Crippen LogP contribution is 2.30. The fourth-order valence-corrected chi connectivity index (χ4v) is 4.91. The van der Waals surface area contributed by atoms with E-state index >= 15 is 0 Å². The number of likely N-dealkylation sites (N-methyl/N-ethyl adjacent to an activating group) is 1. The number of rotatable bonds is 8. The van der Waals surface area contributed by atoms with E-state index in [1.54, 1.807) is 30.6 Å². The molecule has 1 atom stereocenters. The summed E-state index contributed by atoms with van der Waals surface area (Å²) in [4.78, 5) is 22.2. The molecular weight excluding hydrogens is 480 g/mol. The molecule has 0 radical (unpaired) electrons. The molecule has 1 fully saturated rings. The number of nitrogens with one attached hydrogen (secondary N) is 1. The lowest BCUT2D eigenvalue weighted by Crippen LogP contribution is -2.50. The Morgan fingerprint density at radius 3 is 2.11 bits per heavy atom. The van der Waals surface area contributed by atoms with Gasteiger partial charge in [0.25, 0.3) is 0 Å². The van der Waals surface area contributed by atoms with Crippen molar-refractivity contribution >= 4 is 17.0 Å². The largest absolute Gasteiger partial charge is 0.412 e. The third-order valence-corrected chi connectivity index (χ3v) is 6.66. The van der Waals surface area contributed by atoms with Crippen LogP contribution in [0.25, 0.3) is 11.2 Å². The van der Waals surface area contributed by atoms with E-state index in [1.807, 2.05) is 11.9 Å². The molecule has 1 aliphatic heterocycles. The third-order valence-electron chi connectivity index (χ3n) is 6.66. The van der Waals surface area contributed by atoms with Crippen LogP contribution in [0, 0.1) is 11.6 Å². The van der Waals surface area contributed by atoms with Crippen molar-refractivity contribution in [2.75, 3.05) is 51.2 Å². The van der Waals surface area contributed by atoms with Crippen molar-refractivity contribution in [1.29, 1.82) is 0 Å². The second-order valence-corrected chi connectivity index (χ2v) is 9.17. The molecule has 0 aliphatic carbocycles. The predicted molar refractivity (Wildman–Crippen MR) is 137 cm³/mol. The maximum Gasteiger partial charge on any atom is 0.182 e. The van der Waals surface area contributed by atoms with Gasteiger partial charge >= 0.3 is 0 Å². The normalized spacial score (nSPS) is 15.6. The number of piperazine rings is 1. The van der Waals surface area contributed by atoms with Gasteiger partial charge in [-0.2, -0.15) is 0 Å². The van der Waals surface area contributed by atoms with E-state index in [0.29, 0.717) is 24.6 Å². The number of benzene rings is 2. The van der Waals surface area contributed by atoms with Crippen LogP contribution in [0.2, 0.25) is 0 Å². The van der Waals surface area contributed by atoms with Crippen LogP contribution in [-0.4, -0.2) is 92.7 Å². The minimum Gasteiger partial charge on any atom is -0.412 e. The molecule has 2 aromatic heterocycles. The Hall–Kier alpha value is -3.51. The van der Waals surface area contributed by atoms with Crippen LogP contribution in [-0.2, 0) is 0 Å². The summed E-state index contributed by atoms with van der Waals surface area (Å²) in [5.74, 6) is 0.133. The quantitative estimate of drug-likeness (QED) is 0.372. The number of nitrogens with zero attached hydrogens (tertiary/aromatic N) is 6. The fourth-order valence-electron chi connectivity index (χ4n) is 4.91. The molecule has 0 spiro atoms. The SMILES string of the molecule is CN(CC(O)CN1CCN(C(c2ccc(F)cc2)c2ccc(F)cc2)CC1)c1ncnc2nc[nH]c12.O. The number of aromatic amines is 1. The number of anilines is 1. The lowest BCUT2D eigenvalue weighted by atomic mass is 9.96. The zero-order valence-electron chi connectivity index (χ0n) is 20.6. The third kappa shape index (κ3) is 6.08. The summed E-state index contributed by atoms with van der Waals surface area (Å²) in [7, 11) is 1.89. The molecule has 3 heterocycles. The maximum absolute atomic E-state index is 13.6. The Morgan fingerprint density at radius 1 is 0.919 bits per heavy atom. The van der Waals surface area contributed by atoms with Crippen molar-refractivity contribution in [3.8, 4) is 0 Å². The van der Waals surface area contributed by atoms with Crippen molar-refractivity contribution in [1.82, 2.24) is 29.7 Å². The van der Waals surface area contributed by atoms with E-state index in [9.17, 15) is 13.9 Å². The average Bonchev–Trinajstić information content (AvgIpc) is 3.36. The Bertz CT molecular complexity index is 1230. The van der Waals surface area contributed by atoms with Gasteiger partial charge in [-0.05, 0) is 35.4 Å². The standard InChI is InChI=1S/C26H29F2N7O.H2O/c1-33(26-23-25(30-16-29-23)31-17-32-26)14-22(36)15-34-10-12-35(13-11-34)24(18-2-6-20(27)7-3-18)19-4-8-21(28)9-5-19;/h2-9,16-17,22,24,36H,10-15H2,1H3,(H,29,30,31,32);1H2. The number of aromatic nitrogens is 4. The van der Waals surface area contributed by atoms with Crippen molar-refractivity contribution in [3.63, 3.8) is 0 Å². The highest BCUT2D eigenvalue weighted by molar-refractivity contribution is 5.82. The number of β-amino-alcohol motifs (C(OH)–C–C–N with tert-alkyl or cyclic N) is 1. The minimum atomic E-state index is -0.570. The molecule has 9 nitrogen and oxygen atoms in total. The van der Waals surface area contributed by atoms with Gasteiger partial charge in [0.05, 0.1) is 18.5 Å². The zero-order chi connectivity index (χ0) is 25.1. The van der Waals surface area contributed by atoms with Gasteiger partial charge in [0.2, 0.25) is 0 Å². The number of halogens is 2. The average molecular weight is 512 g/mol. The predicted octanol–water partition coefficient (Wildman–Crippen LogP) is 2.01. The van der Waals surface area contributed by atoms with Gasteiger partial charge in [-0.3, -0.25) is 9.80 Å². The van der Waals surface area contributed by atoms with E-state index in [-0.39, 0.29) is 23.2 Å². The topological polar surface area (TPSA) is 116 Å². The van der Waals surface area contributed by atoms with Crippen LogP contribution in [0.3, 0.4) is 0 Å². The molecule has 37 heavy (non-hydrogen) atoms. The van der Waals surface area contributed by atoms with Gasteiger partial charge in [0, 0.05) is 46.3 Å². The number of hydrogen-bond acceptors (Lipinski definition) is 7. The van der Waals surface area contributed by atoms with Gasteiger partial charge in [-0.15, -0.1) is 0 Å². The zero-order valence-corrected chi connectivity index (χ0v) is 20.6. The first-order valence-corrected chi connectivity index (χ1v) is 12.0. The summed E-state index contributed by atoms with van der Waals surface area (Å²) in [5.41, 5.74) is 3.27. The summed E-state index contributed by atoms with van der Waals surface area (Å²) in [6.45, 7) is 4.04. The monoisotopic (exact) mass is 511 g/mol. The molecule has 2 aromatic carbocycles. The number of aliphatic hydroxyl groups is 1. The summed E-state index contributed by atoms with van der Waals surface area (Å²) in [6, 6.07) is 12.9. The highest BCUT2D eigenvalue weighted by atomic mass is 19.1. The second kappa shape index (κ2) is 11.7. The van der Waals surface area contributed by atoms with E-state index < -0.39 is 6.10 Å². The van der Waals surface area contributed by atoms with Crippen molar-refractivity contribution in [3.05, 3.63) is 83.9 Å². The number of H-pyrrole nitrogens is 1. The van der Waals surface area contributed by atoms with Crippen molar-refractivity contribution < 1.29 is 19.4 Å². The van der Waals surface area contributed by atoms with Crippen LogP contribution in [0.1, 0.15) is 17.2 Å². The van der Waals surface area contributed by atoms with Gasteiger partial charge in [0.1, 0.15) is 23.5 Å². The first-order chi connectivity index (χ1) is 17.5. The molecule has 4 aromatic rings. The molecule has 0 bridgehead atoms. The number of hydrogen-bond donors (Lipinski definition) is 2. The Balaban J connectivity index is 0.00000320. The molecule has 11 heteroatoms. The molecule has 1 aliphatic rings. The molecule has 1 unspecified atom stereocenters. The van der Waals surface area contributed by atoms with Gasteiger partial charge < -0.3 is 20.5 Å². The van der Waals surface area contributed by atoms with Gasteiger partial charge in [-0.1, -0.05) is 24.3 Å². The van der Waals surface area contributed by atoms with E-state index in [0.717, 1.165) is 42.8 Å². The minimum absolute atomic E-state index is 0. The Kier molecular flexibility index (Phi) is 8.39. The summed E-state index contributed by atoms with van der Waals surface area (Å²) in [5, 5.41) is 10.8. The lowest BCUT2D eigenvalue weighted by molar-refractivity contribution is 0.0653. The molecule has 5 rings (SSSR count). The smallest absolute Gasteiger partial charge is 0.182 e. The molecule has 1 saturated heterocycles. The number of aliphatic hydroxyl groups excluding tert-OH is 1. The van der Waals surface area contributed by atoms with Crippen LogP contribution in [0.5, 0.6) is 0 Å². The maximum atomic E-state index is 13.6. The highest BCUT2D eigenvalue weighted by Gasteiger charge is 2.27. The fraction of sp³-hybridized carbons (Fsp3) is 0.346. The molecular formula is C26H31F2N7O2. The second-order valence-electron chi connectivity index (χ2n) is 9.17. The van der Waals surface area contributed by atoms with Crippen LogP contribution in [0.4, 0.5) is 14.6 Å². The molecule has 0 amide bonds. The van der Waals surface area contributed by atoms with Gasteiger partial charge in [0.15, 0.2) is 11.5 Å². The van der Waals surface area contributed by atoms with E-state index in [2.05, 4.69) is 29.7 Å². The molecule has 196 valence electrons. The first kappa shape index (κ1) is 26.6. The number of imidazole rings is 1. The van der Waals surface area contributed by atoms with E-state index in [1.165, 1.54) is 30.6 Å². The number of fused-ring (bicyclic) bond motifs is 1. The first-order valence-electron chi connectivity index (χ1n) is 12.0. The Morgan fingerprint density at radius 2 is 1.51 bits per heavy atom. The molecule has 4 N–H and O–H groups in total. The molecule has 0 saturated carbocycles. The summed E-state index contributed by atoms with van der Waals surface area (Å²) in [6.07, 6.45) is 2.48. The van der Waals surface area contributed by atoms with Crippen LogP contribution >= 0.6 is 0 Å². The van der Waals surface area contributed by atoms with Crippen molar-refractivity contribution in [2.24, 2.45) is 0 Å². The van der Waals surface area contributed by atoms with Gasteiger partial charge in [-0.25, -0.2) is 23.7 Å². The summed E-state index contributed by atoms with van der Waals surface area (Å²) >= 11 is 0. The van der Waals surface area contributed by atoms with Crippen LogP contribution in [0.15, 0.2) is 61.2 Å². The van der Waals surface area contributed by atoms with E-state index in [4.69, 9.17) is 0 Å². The Labute approximate surface area is 213 Å². The lowest BCUT2D eigenvalue weighted by Gasteiger charge is -2.40.